The zero-order chi connectivity index (χ0) is 59.9. The van der Waals surface area contributed by atoms with Crippen molar-refractivity contribution >= 4 is 92.4 Å². The molecule has 0 spiro atoms. The maximum Gasteiger partial charge on any atom is 0.319 e. The van der Waals surface area contributed by atoms with E-state index >= 15 is 0 Å². The molecule has 0 saturated heterocycles. The van der Waals surface area contributed by atoms with Gasteiger partial charge in [-0.3, -0.25) is 0 Å². The maximum absolute atomic E-state index is 7.34. The largest absolute Gasteiger partial charge is 0.458 e. The molecule has 0 radical (unpaired) electrons. The maximum atomic E-state index is 7.34. The number of para-hydroxylation sites is 4. The molecule has 424 valence electrons. The molecular weight excluding hydrogens is 1100 g/mol. The van der Waals surface area contributed by atoms with Gasteiger partial charge in [-0.05, 0) is 168 Å². The van der Waals surface area contributed by atoms with Crippen LogP contribution in [0.3, 0.4) is 0 Å². The van der Waals surface area contributed by atoms with Crippen molar-refractivity contribution in [1.82, 2.24) is 0 Å². The number of hydrogen-bond acceptors (Lipinski definition) is 5. The summed E-state index contributed by atoms with van der Waals surface area (Å²) in [5, 5.41) is 0. The smallest absolute Gasteiger partial charge is 0.319 e. The molecule has 14 aromatic rings. The molecule has 5 nitrogen and oxygen atoms in total. The molecule has 0 N–H and O–H groups in total. The normalized spacial score (nSPS) is 12.6. The van der Waals surface area contributed by atoms with E-state index in [1.807, 2.05) is 0 Å². The van der Waals surface area contributed by atoms with E-state index in [1.165, 1.54) is 72.1 Å². The SMILES string of the molecule is c1ccc(-c2ccc(N(c3ccc(-c4ccccc4)cc3)c3cc4c5c(c3)-c3cccc6c3N(B5c3ccccc3O4)B3c4ccccc4N(c4ccccc4)c4cc(N(c5ccc(-c7ccccc7)cc5)c5ccc(-c7ccccc7)cc5)cc-6c43)cc2)cc1. The van der Waals surface area contributed by atoms with Gasteiger partial charge in [0.25, 0.3) is 0 Å². The van der Waals surface area contributed by atoms with E-state index in [1.54, 1.807) is 0 Å². The lowest BCUT2D eigenvalue weighted by Crippen LogP contribution is -2.74. The van der Waals surface area contributed by atoms with E-state index in [2.05, 4.69) is 359 Å². The number of hydrogen-bond donors (Lipinski definition) is 0. The summed E-state index contributed by atoms with van der Waals surface area (Å²) in [5.74, 6) is 1.71. The highest BCUT2D eigenvalue weighted by atomic mass is 16.5. The van der Waals surface area contributed by atoms with Crippen molar-refractivity contribution in [1.29, 1.82) is 0 Å². The average Bonchev–Trinajstić information content (AvgIpc) is 0.688. The molecule has 0 saturated carbocycles. The van der Waals surface area contributed by atoms with Crippen LogP contribution in [0.2, 0.25) is 0 Å². The molecule has 0 unspecified atom stereocenters. The number of ether oxygens (including phenoxy) is 1. The second kappa shape index (κ2) is 21.5. The summed E-state index contributed by atoms with van der Waals surface area (Å²) in [4.78, 5) is 7.37. The van der Waals surface area contributed by atoms with Crippen LogP contribution >= 0.6 is 0 Å². The second-order valence-corrected chi connectivity index (χ2v) is 23.9. The highest BCUT2D eigenvalue weighted by Gasteiger charge is 2.53. The van der Waals surface area contributed by atoms with Crippen LogP contribution in [0.4, 0.5) is 56.9 Å². The van der Waals surface area contributed by atoms with Gasteiger partial charge >= 0.3 is 13.7 Å². The molecule has 14 aromatic carbocycles. The first-order valence-electron chi connectivity index (χ1n) is 31.4. The van der Waals surface area contributed by atoms with Crippen LogP contribution in [0, 0.1) is 0 Å². The minimum absolute atomic E-state index is 0.202. The highest BCUT2D eigenvalue weighted by Crippen LogP contribution is 2.54. The van der Waals surface area contributed by atoms with Crippen molar-refractivity contribution in [3.05, 3.63) is 340 Å². The molecule has 0 amide bonds. The number of anilines is 10. The third-order valence-electron chi connectivity index (χ3n) is 18.9. The Morgan fingerprint density at radius 3 is 1.10 bits per heavy atom. The summed E-state index contributed by atoms with van der Waals surface area (Å²) >= 11 is 0. The zero-order valence-electron chi connectivity index (χ0n) is 49.7. The van der Waals surface area contributed by atoms with Gasteiger partial charge < -0.3 is 24.2 Å². The van der Waals surface area contributed by atoms with Crippen molar-refractivity contribution in [2.45, 2.75) is 0 Å². The van der Waals surface area contributed by atoms with Crippen molar-refractivity contribution in [3.63, 3.8) is 0 Å². The summed E-state index contributed by atoms with van der Waals surface area (Å²) in [6.07, 6.45) is 0. The molecule has 18 rings (SSSR count). The number of rotatable bonds is 11. The van der Waals surface area contributed by atoms with Gasteiger partial charge in [-0.25, -0.2) is 0 Å². The van der Waals surface area contributed by atoms with E-state index in [9.17, 15) is 0 Å². The monoisotopic (exact) mass is 1160 g/mol. The summed E-state index contributed by atoms with van der Waals surface area (Å²) in [6, 6.07) is 124. The molecule has 0 aliphatic carbocycles. The molecule has 4 heterocycles. The van der Waals surface area contributed by atoms with Gasteiger partial charge in [0.15, 0.2) is 0 Å². The highest BCUT2D eigenvalue weighted by molar-refractivity contribution is 7.08. The van der Waals surface area contributed by atoms with Gasteiger partial charge in [-0.2, -0.15) is 0 Å². The van der Waals surface area contributed by atoms with Crippen molar-refractivity contribution in [3.8, 4) is 78.3 Å². The van der Waals surface area contributed by atoms with E-state index in [0.29, 0.717) is 0 Å². The standard InChI is InChI=1S/C84H56B2N4O/c1-6-21-57(22-7-1)61-37-45-66(46-38-61)87(67-47-39-62(40-48-67)58-23-8-2-9-24-58)70-53-74-72-31-20-32-73-75-54-71(88(68-49-41-63(42-50-68)59-25-10-3-11-26-59)69-51-43-64(44-52-69)60-27-12-4-13-28-60)56-81-83(75)86(77-34-17-19-36-80(77)91-81)90(84(72)73)85-76-33-16-18-35-78(76)89(79(55-70)82(74)85)65-29-14-5-15-30-65/h1-56H. The third kappa shape index (κ3) is 8.72. The van der Waals surface area contributed by atoms with Gasteiger partial charge in [0.1, 0.15) is 11.5 Å². The summed E-state index contributed by atoms with van der Waals surface area (Å²) < 4.78 is 10.1. The number of nitrogens with zero attached hydrogens (tertiary/aromatic N) is 4. The topological polar surface area (TPSA) is 22.2 Å². The Bertz CT molecular complexity index is 4910. The van der Waals surface area contributed by atoms with Gasteiger partial charge in [0, 0.05) is 68.4 Å². The van der Waals surface area contributed by atoms with E-state index in [0.717, 1.165) is 84.8 Å². The van der Waals surface area contributed by atoms with Crippen LogP contribution in [-0.2, 0) is 0 Å². The minimum Gasteiger partial charge on any atom is -0.458 e. The quantitative estimate of drug-likeness (QED) is 0.120. The Morgan fingerprint density at radius 2 is 0.626 bits per heavy atom. The molecule has 4 aliphatic rings. The molecule has 4 aliphatic heterocycles. The summed E-state index contributed by atoms with van der Waals surface area (Å²) in [5.41, 5.74) is 29.8. The van der Waals surface area contributed by atoms with Gasteiger partial charge in [0.05, 0.1) is 5.69 Å². The fourth-order valence-electron chi connectivity index (χ4n) is 14.8. The molecule has 0 aromatic heterocycles. The lowest BCUT2D eigenvalue weighted by atomic mass is 9.32. The van der Waals surface area contributed by atoms with E-state index < -0.39 is 0 Å². The summed E-state index contributed by atoms with van der Waals surface area (Å²) in [7, 11) is 0. The first-order chi connectivity index (χ1) is 45.1. The van der Waals surface area contributed by atoms with Crippen LogP contribution in [0.1, 0.15) is 0 Å². The van der Waals surface area contributed by atoms with E-state index in [-0.39, 0.29) is 13.7 Å². The number of fused-ring (bicyclic) bond motifs is 8. The molecule has 0 bridgehead atoms. The first kappa shape index (κ1) is 52.3. The van der Waals surface area contributed by atoms with Gasteiger partial charge in [-0.1, -0.05) is 243 Å². The van der Waals surface area contributed by atoms with Crippen LogP contribution in [0.5, 0.6) is 11.5 Å². The lowest BCUT2D eigenvalue weighted by molar-refractivity contribution is 0.487. The predicted octanol–water partition coefficient (Wildman–Crippen LogP) is 19.6. The first-order valence-corrected chi connectivity index (χ1v) is 31.4. The molecule has 0 fully saturated rings. The molecule has 7 heteroatoms. The Morgan fingerprint density at radius 1 is 0.253 bits per heavy atom. The van der Waals surface area contributed by atoms with Crippen molar-refractivity contribution in [2.75, 3.05) is 19.4 Å². The molecule has 0 atom stereocenters. The molecular formula is C84H56B2N4O. The molecule has 91 heavy (non-hydrogen) atoms. The average molecular weight is 1160 g/mol. The van der Waals surface area contributed by atoms with Gasteiger partial charge in [-0.15, -0.1) is 0 Å². The van der Waals surface area contributed by atoms with Crippen LogP contribution in [0.15, 0.2) is 340 Å². The zero-order valence-corrected chi connectivity index (χ0v) is 49.7. The Hall–Kier alpha value is -11.8. The third-order valence-corrected chi connectivity index (χ3v) is 18.9. The lowest BCUT2D eigenvalue weighted by Gasteiger charge is -2.52. The summed E-state index contributed by atoms with van der Waals surface area (Å²) in [6.45, 7) is -0.418. The predicted molar refractivity (Wildman–Crippen MR) is 382 cm³/mol. The fraction of sp³-hybridized carbons (Fsp3) is 0. The Kier molecular flexibility index (Phi) is 12.4. The Labute approximate surface area is 531 Å². The Balaban J connectivity index is 0.879. The number of benzene rings is 14. The van der Waals surface area contributed by atoms with Crippen molar-refractivity contribution < 1.29 is 4.74 Å². The second-order valence-electron chi connectivity index (χ2n) is 23.9. The van der Waals surface area contributed by atoms with Crippen LogP contribution in [0.25, 0.3) is 66.8 Å². The van der Waals surface area contributed by atoms with Gasteiger partial charge in [0.2, 0.25) is 0 Å². The fourth-order valence-corrected chi connectivity index (χ4v) is 14.8. The van der Waals surface area contributed by atoms with Crippen molar-refractivity contribution in [2.24, 2.45) is 0 Å². The minimum atomic E-state index is -0.217. The van der Waals surface area contributed by atoms with E-state index in [4.69, 9.17) is 4.74 Å². The van der Waals surface area contributed by atoms with Crippen LogP contribution < -0.4 is 46.0 Å². The van der Waals surface area contributed by atoms with Crippen LogP contribution in [-0.4, -0.2) is 13.7 Å².